The zero-order valence-electron chi connectivity index (χ0n) is 13.2. The van der Waals surface area contributed by atoms with Crippen molar-refractivity contribution in [1.82, 2.24) is 4.98 Å². The topological polar surface area (TPSA) is 79.3 Å². The van der Waals surface area contributed by atoms with Crippen LogP contribution in [0, 0.1) is 11.8 Å². The number of carboxylic acid groups (broad SMARTS) is 1. The molecule has 2 atom stereocenters. The van der Waals surface area contributed by atoms with Crippen molar-refractivity contribution in [2.45, 2.75) is 25.7 Å². The number of carbonyl (C=O) groups excluding carboxylic acids is 1. The summed E-state index contributed by atoms with van der Waals surface area (Å²) in [6.45, 7) is 0. The highest BCUT2D eigenvalue weighted by Gasteiger charge is 2.36. The van der Waals surface area contributed by atoms with Gasteiger partial charge in [0.1, 0.15) is 0 Å². The smallest absolute Gasteiger partial charge is 0.307 e. The number of carboxylic acids is 1. The van der Waals surface area contributed by atoms with E-state index in [1.165, 1.54) is 11.3 Å². The van der Waals surface area contributed by atoms with Crippen molar-refractivity contribution in [2.24, 2.45) is 11.8 Å². The van der Waals surface area contributed by atoms with Crippen molar-refractivity contribution in [3.8, 4) is 11.3 Å². The Morgan fingerprint density at radius 1 is 1.20 bits per heavy atom. The maximum atomic E-state index is 12.5. The summed E-state index contributed by atoms with van der Waals surface area (Å²) >= 11 is 13.4. The number of aliphatic carboxylic acids is 1. The lowest BCUT2D eigenvalue weighted by molar-refractivity contribution is -0.147. The number of aromatic nitrogens is 1. The fraction of sp³-hybridized carbons (Fsp3) is 0.353. The first kappa shape index (κ1) is 18.2. The largest absolute Gasteiger partial charge is 0.481 e. The van der Waals surface area contributed by atoms with Gasteiger partial charge in [-0.25, -0.2) is 4.98 Å². The van der Waals surface area contributed by atoms with Crippen LogP contribution in [-0.4, -0.2) is 22.0 Å². The quantitative estimate of drug-likeness (QED) is 0.763. The molecule has 1 aliphatic rings. The van der Waals surface area contributed by atoms with Gasteiger partial charge in [-0.05, 0) is 31.0 Å². The van der Waals surface area contributed by atoms with Gasteiger partial charge in [0.2, 0.25) is 5.91 Å². The average molecular weight is 399 g/mol. The number of rotatable bonds is 4. The summed E-state index contributed by atoms with van der Waals surface area (Å²) in [5.41, 5.74) is 1.37. The van der Waals surface area contributed by atoms with Crippen LogP contribution in [0.1, 0.15) is 25.7 Å². The summed E-state index contributed by atoms with van der Waals surface area (Å²) in [6, 6.07) is 5.13. The van der Waals surface area contributed by atoms with Crippen LogP contribution in [0.2, 0.25) is 10.0 Å². The molecule has 1 heterocycles. The monoisotopic (exact) mass is 398 g/mol. The van der Waals surface area contributed by atoms with Gasteiger partial charge >= 0.3 is 5.97 Å². The molecule has 0 unspecified atom stereocenters. The van der Waals surface area contributed by atoms with E-state index in [1.807, 2.05) is 0 Å². The Balaban J connectivity index is 1.74. The van der Waals surface area contributed by atoms with Gasteiger partial charge in [0.25, 0.3) is 0 Å². The minimum absolute atomic E-state index is 0.282. The van der Waals surface area contributed by atoms with Gasteiger partial charge in [0.15, 0.2) is 5.13 Å². The van der Waals surface area contributed by atoms with E-state index in [2.05, 4.69) is 10.3 Å². The molecule has 1 aromatic heterocycles. The third kappa shape index (κ3) is 4.14. The van der Waals surface area contributed by atoms with Crippen LogP contribution in [0.3, 0.4) is 0 Å². The fourth-order valence-corrected chi connectivity index (χ4v) is 4.31. The summed E-state index contributed by atoms with van der Waals surface area (Å²) in [7, 11) is 0. The van der Waals surface area contributed by atoms with Crippen LogP contribution in [0.15, 0.2) is 23.6 Å². The highest BCUT2D eigenvalue weighted by molar-refractivity contribution is 7.14. The summed E-state index contributed by atoms with van der Waals surface area (Å²) in [5.74, 6) is -2.33. The van der Waals surface area contributed by atoms with Crippen LogP contribution in [0.4, 0.5) is 5.13 Å². The van der Waals surface area contributed by atoms with Crippen molar-refractivity contribution in [1.29, 1.82) is 0 Å². The maximum absolute atomic E-state index is 12.5. The van der Waals surface area contributed by atoms with Gasteiger partial charge in [-0.15, -0.1) is 11.3 Å². The van der Waals surface area contributed by atoms with Crippen LogP contribution in [-0.2, 0) is 9.59 Å². The number of halogens is 2. The third-order valence-corrected chi connectivity index (χ3v) is 5.67. The Morgan fingerprint density at radius 3 is 2.60 bits per heavy atom. The molecule has 0 saturated heterocycles. The van der Waals surface area contributed by atoms with Crippen molar-refractivity contribution < 1.29 is 14.7 Å². The molecule has 1 saturated carbocycles. The van der Waals surface area contributed by atoms with E-state index in [0.29, 0.717) is 33.7 Å². The Kier molecular flexibility index (Phi) is 5.61. The molecule has 0 radical (unpaired) electrons. The van der Waals surface area contributed by atoms with Gasteiger partial charge in [0, 0.05) is 16.0 Å². The summed E-state index contributed by atoms with van der Waals surface area (Å²) in [4.78, 5) is 28.2. The van der Waals surface area contributed by atoms with E-state index in [4.69, 9.17) is 23.2 Å². The zero-order chi connectivity index (χ0) is 18.0. The van der Waals surface area contributed by atoms with Gasteiger partial charge < -0.3 is 10.4 Å². The molecule has 0 bridgehead atoms. The zero-order valence-corrected chi connectivity index (χ0v) is 15.5. The molecule has 2 N–H and O–H groups in total. The lowest BCUT2D eigenvalue weighted by Gasteiger charge is -2.26. The Hall–Kier alpha value is -1.63. The van der Waals surface area contributed by atoms with Crippen molar-refractivity contribution in [3.63, 3.8) is 0 Å². The second-order valence-electron chi connectivity index (χ2n) is 5.99. The average Bonchev–Trinajstić information content (AvgIpc) is 3.02. The Morgan fingerprint density at radius 2 is 1.92 bits per heavy atom. The third-order valence-electron chi connectivity index (χ3n) is 4.36. The lowest BCUT2D eigenvalue weighted by Crippen LogP contribution is -2.36. The van der Waals surface area contributed by atoms with E-state index in [1.54, 1.807) is 23.6 Å². The number of amides is 1. The Labute approximate surface area is 159 Å². The van der Waals surface area contributed by atoms with E-state index >= 15 is 0 Å². The molecule has 2 aromatic rings. The summed E-state index contributed by atoms with van der Waals surface area (Å²) in [5, 5.41) is 15.3. The molecule has 132 valence electrons. The molecule has 3 rings (SSSR count). The molecule has 1 amide bonds. The first-order valence-electron chi connectivity index (χ1n) is 7.90. The number of anilines is 1. The van der Waals surface area contributed by atoms with Gasteiger partial charge in [-0.1, -0.05) is 36.0 Å². The predicted molar refractivity (Wildman–Crippen MR) is 99.3 cm³/mol. The number of nitrogens with zero attached hydrogens (tertiary/aromatic N) is 1. The standard InChI is InChI=1S/C17H16Cl2N2O3S/c18-9-5-6-12(13(19)7-9)14-8-25-17(20-14)21-15(22)10-3-1-2-4-11(10)16(23)24/h5-8,10-11H,1-4H2,(H,23,24)(H,20,21,22)/t10-,11+/m0/s1. The molecule has 5 nitrogen and oxygen atoms in total. The minimum atomic E-state index is -0.910. The molecule has 1 aromatic carbocycles. The summed E-state index contributed by atoms with van der Waals surface area (Å²) < 4.78 is 0. The molecule has 1 aliphatic carbocycles. The van der Waals surface area contributed by atoms with Crippen molar-refractivity contribution >= 4 is 51.5 Å². The second-order valence-corrected chi connectivity index (χ2v) is 7.69. The molecule has 8 heteroatoms. The molecule has 1 fully saturated rings. The second kappa shape index (κ2) is 7.72. The fourth-order valence-electron chi connectivity index (χ4n) is 3.09. The normalized spacial score (nSPS) is 20.2. The van der Waals surface area contributed by atoms with Crippen LogP contribution >= 0.6 is 34.5 Å². The highest BCUT2D eigenvalue weighted by Crippen LogP contribution is 2.34. The molecule has 25 heavy (non-hydrogen) atoms. The summed E-state index contributed by atoms with van der Waals surface area (Å²) in [6.07, 6.45) is 2.84. The van der Waals surface area contributed by atoms with E-state index in [0.717, 1.165) is 18.4 Å². The lowest BCUT2D eigenvalue weighted by atomic mass is 9.79. The van der Waals surface area contributed by atoms with Crippen LogP contribution in [0.25, 0.3) is 11.3 Å². The Bertz CT molecular complexity index is 809. The van der Waals surface area contributed by atoms with E-state index < -0.39 is 17.8 Å². The van der Waals surface area contributed by atoms with Gasteiger partial charge in [-0.3, -0.25) is 9.59 Å². The van der Waals surface area contributed by atoms with Crippen LogP contribution < -0.4 is 5.32 Å². The number of hydrogen-bond donors (Lipinski definition) is 2. The van der Waals surface area contributed by atoms with Crippen molar-refractivity contribution in [3.05, 3.63) is 33.6 Å². The number of benzene rings is 1. The van der Waals surface area contributed by atoms with Crippen molar-refractivity contribution in [2.75, 3.05) is 5.32 Å². The number of carbonyl (C=O) groups is 2. The van der Waals surface area contributed by atoms with Gasteiger partial charge in [0.05, 0.1) is 22.6 Å². The number of thiazole rings is 1. The number of nitrogens with one attached hydrogen (secondary N) is 1. The molecule has 0 aliphatic heterocycles. The maximum Gasteiger partial charge on any atom is 0.307 e. The van der Waals surface area contributed by atoms with Crippen LogP contribution in [0.5, 0.6) is 0 Å². The number of hydrogen-bond acceptors (Lipinski definition) is 4. The minimum Gasteiger partial charge on any atom is -0.481 e. The van der Waals surface area contributed by atoms with Gasteiger partial charge in [-0.2, -0.15) is 0 Å². The SMILES string of the molecule is O=C(Nc1nc(-c2ccc(Cl)cc2Cl)cs1)[C@H]1CCCC[C@H]1C(=O)O. The molecular formula is C17H16Cl2N2O3S. The first-order valence-corrected chi connectivity index (χ1v) is 9.54. The first-order chi connectivity index (χ1) is 12.0. The van der Waals surface area contributed by atoms with E-state index in [-0.39, 0.29) is 5.91 Å². The molecular weight excluding hydrogens is 383 g/mol. The molecule has 0 spiro atoms. The van der Waals surface area contributed by atoms with E-state index in [9.17, 15) is 14.7 Å². The predicted octanol–water partition coefficient (Wildman–Crippen LogP) is 4.95. The highest BCUT2D eigenvalue weighted by atomic mass is 35.5.